The van der Waals surface area contributed by atoms with Gasteiger partial charge in [0.15, 0.2) is 0 Å². The van der Waals surface area contributed by atoms with Gasteiger partial charge in [-0.25, -0.2) is 4.98 Å². The molecule has 0 aliphatic heterocycles. The summed E-state index contributed by atoms with van der Waals surface area (Å²) in [6.07, 6.45) is 4.68. The fourth-order valence-corrected chi connectivity index (χ4v) is 3.01. The van der Waals surface area contributed by atoms with E-state index in [-0.39, 0.29) is 0 Å². The minimum Gasteiger partial charge on any atom is -0.353 e. The maximum atomic E-state index is 6.20. The average Bonchev–Trinajstić information content (AvgIpc) is 2.45. The lowest BCUT2D eigenvalue weighted by Crippen LogP contribution is -2.23. The number of nitrogens with zero attached hydrogens (tertiary/aromatic N) is 3. The number of halogens is 1. The van der Waals surface area contributed by atoms with E-state index in [1.807, 2.05) is 24.3 Å². The molecule has 100 valence electrons. The summed E-state index contributed by atoms with van der Waals surface area (Å²) in [5.74, 6) is 1.22. The van der Waals surface area contributed by atoms with Crippen LogP contribution in [-0.2, 0) is 0 Å². The highest BCUT2D eigenvalue weighted by Crippen LogP contribution is 2.27. The predicted octanol–water partition coefficient (Wildman–Crippen LogP) is 3.23. The first kappa shape index (κ1) is 12.6. The van der Waals surface area contributed by atoms with Crippen LogP contribution in [0.2, 0.25) is 0 Å². The normalized spacial score (nSPS) is 23.4. The smallest absolute Gasteiger partial charge is 0.243 e. The first-order valence-corrected chi connectivity index (χ1v) is 7.22. The van der Waals surface area contributed by atoms with Gasteiger partial charge in [-0.3, -0.25) is 0 Å². The van der Waals surface area contributed by atoms with Gasteiger partial charge in [0, 0.05) is 11.9 Å². The molecule has 2 atom stereocenters. The van der Waals surface area contributed by atoms with Gasteiger partial charge >= 0.3 is 0 Å². The lowest BCUT2D eigenvalue weighted by Gasteiger charge is -2.25. The Balaban J connectivity index is 1.64. The van der Waals surface area contributed by atoms with Crippen LogP contribution in [0.1, 0.15) is 25.7 Å². The van der Waals surface area contributed by atoms with Crippen LogP contribution >= 0.6 is 11.6 Å². The molecule has 0 saturated heterocycles. The van der Waals surface area contributed by atoms with E-state index < -0.39 is 0 Å². The fourth-order valence-electron chi connectivity index (χ4n) is 2.60. The van der Waals surface area contributed by atoms with Crippen LogP contribution in [0.15, 0.2) is 24.3 Å². The average molecular weight is 277 g/mol. The van der Waals surface area contributed by atoms with Gasteiger partial charge in [-0.05, 0) is 37.3 Å². The summed E-state index contributed by atoms with van der Waals surface area (Å²) in [5, 5.41) is 11.9. The van der Waals surface area contributed by atoms with Crippen LogP contribution in [-0.4, -0.2) is 27.1 Å². The van der Waals surface area contributed by atoms with Gasteiger partial charge in [0.25, 0.3) is 0 Å². The Labute approximate surface area is 117 Å². The third kappa shape index (κ3) is 3.13. The quantitative estimate of drug-likeness (QED) is 0.875. The van der Waals surface area contributed by atoms with Gasteiger partial charge in [-0.1, -0.05) is 18.6 Å². The zero-order valence-corrected chi connectivity index (χ0v) is 11.5. The summed E-state index contributed by atoms with van der Waals surface area (Å²) in [4.78, 5) is 4.46. The van der Waals surface area contributed by atoms with E-state index in [1.54, 1.807) is 0 Å². The second-order valence-corrected chi connectivity index (χ2v) is 5.75. The van der Waals surface area contributed by atoms with E-state index in [0.29, 0.717) is 17.2 Å². The topological polar surface area (TPSA) is 50.7 Å². The summed E-state index contributed by atoms with van der Waals surface area (Å²) in [6, 6.07) is 7.76. The predicted molar refractivity (Wildman–Crippen MR) is 77.4 cm³/mol. The Hall–Kier alpha value is -1.42. The molecule has 1 saturated carbocycles. The Morgan fingerprint density at radius 2 is 2.00 bits per heavy atom. The first-order chi connectivity index (χ1) is 9.31. The Bertz CT molecular complexity index is 560. The van der Waals surface area contributed by atoms with E-state index in [0.717, 1.165) is 30.4 Å². The molecular formula is C14H17ClN4. The molecule has 1 aromatic carbocycles. The number of nitrogens with one attached hydrogen (secondary N) is 1. The molecule has 1 aliphatic rings. The number of para-hydroxylation sites is 1. The molecule has 1 aromatic heterocycles. The lowest BCUT2D eigenvalue weighted by molar-refractivity contribution is 0.378. The van der Waals surface area contributed by atoms with Gasteiger partial charge in [0.1, 0.15) is 5.52 Å². The SMILES string of the molecule is ClC1CCCC(CNc2nnc3ccccc3n2)C1. The van der Waals surface area contributed by atoms with Crippen molar-refractivity contribution >= 4 is 28.6 Å². The minimum absolute atomic E-state index is 0.330. The molecule has 1 fully saturated rings. The minimum atomic E-state index is 0.330. The van der Waals surface area contributed by atoms with E-state index in [4.69, 9.17) is 11.6 Å². The first-order valence-electron chi connectivity index (χ1n) is 6.78. The van der Waals surface area contributed by atoms with Crippen molar-refractivity contribution in [2.45, 2.75) is 31.1 Å². The summed E-state index contributed by atoms with van der Waals surface area (Å²) < 4.78 is 0. The van der Waals surface area contributed by atoms with Crippen LogP contribution in [0.5, 0.6) is 0 Å². The van der Waals surface area contributed by atoms with E-state index in [2.05, 4.69) is 20.5 Å². The second kappa shape index (κ2) is 5.70. The molecule has 19 heavy (non-hydrogen) atoms. The summed E-state index contributed by atoms with van der Waals surface area (Å²) >= 11 is 6.20. The molecule has 3 rings (SSSR count). The molecule has 1 heterocycles. The van der Waals surface area contributed by atoms with Crippen molar-refractivity contribution in [3.63, 3.8) is 0 Å². The van der Waals surface area contributed by atoms with E-state index in [1.165, 1.54) is 12.8 Å². The molecule has 4 nitrogen and oxygen atoms in total. The number of fused-ring (bicyclic) bond motifs is 1. The van der Waals surface area contributed by atoms with Crippen molar-refractivity contribution in [3.05, 3.63) is 24.3 Å². The van der Waals surface area contributed by atoms with Crippen molar-refractivity contribution < 1.29 is 0 Å². The molecular weight excluding hydrogens is 260 g/mol. The fraction of sp³-hybridized carbons (Fsp3) is 0.500. The van der Waals surface area contributed by atoms with Gasteiger partial charge in [0.2, 0.25) is 5.95 Å². The van der Waals surface area contributed by atoms with Gasteiger partial charge in [-0.15, -0.1) is 21.8 Å². The highest BCUT2D eigenvalue weighted by Gasteiger charge is 2.20. The van der Waals surface area contributed by atoms with Gasteiger partial charge < -0.3 is 5.32 Å². The molecule has 2 unspecified atom stereocenters. The summed E-state index contributed by atoms with van der Waals surface area (Å²) in [5.41, 5.74) is 1.70. The number of aromatic nitrogens is 3. The standard InChI is InChI=1S/C14H17ClN4/c15-11-5-3-4-10(8-11)9-16-14-17-12-6-1-2-7-13(12)18-19-14/h1-2,6-7,10-11H,3-5,8-9H2,(H,16,17,19). The Kier molecular flexibility index (Phi) is 3.78. The highest BCUT2D eigenvalue weighted by molar-refractivity contribution is 6.20. The number of hydrogen-bond acceptors (Lipinski definition) is 4. The maximum absolute atomic E-state index is 6.20. The van der Waals surface area contributed by atoms with Gasteiger partial charge in [0.05, 0.1) is 5.52 Å². The molecule has 2 aromatic rings. The molecule has 0 bridgehead atoms. The van der Waals surface area contributed by atoms with Crippen molar-refractivity contribution in [2.24, 2.45) is 5.92 Å². The molecule has 1 aliphatic carbocycles. The number of anilines is 1. The highest BCUT2D eigenvalue weighted by atomic mass is 35.5. The van der Waals surface area contributed by atoms with Crippen molar-refractivity contribution in [2.75, 3.05) is 11.9 Å². The number of alkyl halides is 1. The van der Waals surface area contributed by atoms with Crippen LogP contribution in [0.4, 0.5) is 5.95 Å². The van der Waals surface area contributed by atoms with Crippen molar-refractivity contribution in [1.29, 1.82) is 0 Å². The monoisotopic (exact) mass is 276 g/mol. The van der Waals surface area contributed by atoms with Crippen LogP contribution in [0.25, 0.3) is 11.0 Å². The van der Waals surface area contributed by atoms with Crippen molar-refractivity contribution in [3.8, 4) is 0 Å². The second-order valence-electron chi connectivity index (χ2n) is 5.13. The largest absolute Gasteiger partial charge is 0.353 e. The Morgan fingerprint density at radius 1 is 1.16 bits per heavy atom. The third-order valence-corrected chi connectivity index (χ3v) is 4.02. The molecule has 0 spiro atoms. The van der Waals surface area contributed by atoms with E-state index in [9.17, 15) is 0 Å². The third-order valence-electron chi connectivity index (χ3n) is 3.63. The number of benzene rings is 1. The van der Waals surface area contributed by atoms with Crippen LogP contribution in [0, 0.1) is 5.92 Å². The van der Waals surface area contributed by atoms with Crippen LogP contribution < -0.4 is 5.32 Å². The molecule has 0 radical (unpaired) electrons. The van der Waals surface area contributed by atoms with Crippen molar-refractivity contribution in [1.82, 2.24) is 15.2 Å². The lowest BCUT2D eigenvalue weighted by atomic mass is 9.89. The molecule has 0 amide bonds. The zero-order chi connectivity index (χ0) is 13.1. The summed E-state index contributed by atoms with van der Waals surface area (Å²) in [7, 11) is 0. The van der Waals surface area contributed by atoms with E-state index >= 15 is 0 Å². The zero-order valence-electron chi connectivity index (χ0n) is 10.7. The molecule has 1 N–H and O–H groups in total. The number of hydrogen-bond donors (Lipinski definition) is 1. The molecule has 5 heteroatoms. The maximum Gasteiger partial charge on any atom is 0.243 e. The number of rotatable bonds is 3. The Morgan fingerprint density at radius 3 is 2.84 bits per heavy atom. The summed E-state index contributed by atoms with van der Waals surface area (Å²) in [6.45, 7) is 0.878. The van der Waals surface area contributed by atoms with Crippen LogP contribution in [0.3, 0.4) is 0 Å². The van der Waals surface area contributed by atoms with Gasteiger partial charge in [-0.2, -0.15) is 0 Å².